The summed E-state index contributed by atoms with van der Waals surface area (Å²) in [6, 6.07) is 48.9. The normalized spacial score (nSPS) is 11.1. The Bertz CT molecular complexity index is 1670. The average Bonchev–Trinajstić information content (AvgIpc) is 3.56. The third-order valence-electron chi connectivity index (χ3n) is 7.24. The quantitative estimate of drug-likeness (QED) is 0.197. The number of hydrogen-bond donors (Lipinski definition) is 0. The zero-order chi connectivity index (χ0) is 26.1. The second kappa shape index (κ2) is 14.0. The van der Waals surface area contributed by atoms with Crippen LogP contribution in [-0.2, 0) is 31.6 Å². The molecule has 0 N–H and O–H groups in total. The van der Waals surface area contributed by atoms with Crippen LogP contribution in [0.2, 0.25) is 0 Å². The van der Waals surface area contributed by atoms with E-state index in [1.807, 2.05) is 6.07 Å². The number of hydrogen-bond acceptors (Lipinski definition) is 0. The van der Waals surface area contributed by atoms with Gasteiger partial charge >= 0.3 is 26.2 Å². The fourth-order valence-corrected chi connectivity index (χ4v) is 6.52. The van der Waals surface area contributed by atoms with Crippen LogP contribution in [0.25, 0.3) is 44.2 Å². The van der Waals surface area contributed by atoms with Crippen molar-refractivity contribution in [2.75, 3.05) is 0 Å². The first-order valence-corrected chi connectivity index (χ1v) is 14.2. The molecule has 0 spiro atoms. The van der Waals surface area contributed by atoms with Gasteiger partial charge in [0.25, 0.3) is 0 Å². The van der Waals surface area contributed by atoms with Crippen LogP contribution in [0.3, 0.4) is 0 Å². The van der Waals surface area contributed by atoms with E-state index in [2.05, 4.69) is 148 Å². The number of fused-ring (bicyclic) bond motifs is 4. The van der Waals surface area contributed by atoms with Gasteiger partial charge in [0.1, 0.15) is 0 Å². The topological polar surface area (TPSA) is 0 Å². The first-order valence-electron chi connectivity index (χ1n) is 13.2. The summed E-state index contributed by atoms with van der Waals surface area (Å²) in [6.07, 6.45) is 0. The van der Waals surface area contributed by atoms with Gasteiger partial charge in [-0.2, -0.15) is 35.5 Å². The molecule has 2 radical (unpaired) electrons. The smallest absolute Gasteiger partial charge is 1.00 e. The van der Waals surface area contributed by atoms with E-state index in [-0.39, 0.29) is 56.4 Å². The van der Waals surface area contributed by atoms with Gasteiger partial charge < -0.3 is 24.8 Å². The average molecular weight is 665 g/mol. The SMILES string of the molecule is CC(C)(C)c1cc2c(-c3ccccc3)c(-c3ccccc3)ccc2[cH-]1.[Cl-].[Cl-].[Zr+4].[c-]1cccc2c1[Si]c1ccccc1-2. The van der Waals surface area contributed by atoms with Gasteiger partial charge in [-0.1, -0.05) is 128 Å². The predicted molar refractivity (Wildman–Crippen MR) is 165 cm³/mol. The Morgan fingerprint density at radius 2 is 1.24 bits per heavy atom. The molecule has 0 nitrogen and oxygen atoms in total. The fraction of sp³-hybridized carbons (Fsp3) is 0.108. The first kappa shape index (κ1) is 32.9. The van der Waals surface area contributed by atoms with Crippen molar-refractivity contribution >= 4 is 30.7 Å². The van der Waals surface area contributed by atoms with Crippen molar-refractivity contribution in [2.24, 2.45) is 0 Å². The molecule has 0 saturated carbocycles. The van der Waals surface area contributed by atoms with E-state index < -0.39 is 0 Å². The van der Waals surface area contributed by atoms with Crippen molar-refractivity contribution in [3.63, 3.8) is 0 Å². The van der Waals surface area contributed by atoms with Gasteiger partial charge in [-0.05, 0) is 22.1 Å². The maximum absolute atomic E-state index is 3.31. The molecule has 0 aromatic heterocycles. The van der Waals surface area contributed by atoms with Crippen LogP contribution in [0.5, 0.6) is 0 Å². The van der Waals surface area contributed by atoms with E-state index >= 15 is 0 Å². The van der Waals surface area contributed by atoms with E-state index in [4.69, 9.17) is 0 Å². The van der Waals surface area contributed by atoms with Crippen molar-refractivity contribution in [1.29, 1.82) is 0 Å². The molecule has 1 heterocycles. The minimum Gasteiger partial charge on any atom is -1.00 e. The largest absolute Gasteiger partial charge is 4.00 e. The molecule has 200 valence electrons. The Hall–Kier alpha value is -2.61. The van der Waals surface area contributed by atoms with E-state index in [1.165, 1.54) is 60.1 Å². The molecule has 0 atom stereocenters. The summed E-state index contributed by atoms with van der Waals surface area (Å²) < 4.78 is 0. The Morgan fingerprint density at radius 3 is 1.93 bits per heavy atom. The van der Waals surface area contributed by atoms with Crippen molar-refractivity contribution < 1.29 is 51.0 Å². The molecule has 0 fully saturated rings. The van der Waals surface area contributed by atoms with Gasteiger partial charge in [-0.25, -0.2) is 0 Å². The molecule has 6 aromatic carbocycles. The minimum atomic E-state index is 0. The van der Waals surface area contributed by atoms with Crippen LogP contribution in [0.1, 0.15) is 26.3 Å². The standard InChI is InChI=1S/C25H23.C12H7Si.2ClH.Zr/c1-25(2,3)21-16-20-14-15-22(18-10-6-4-7-11-18)24(23(20)17-21)19-12-8-5-9-13-19;1-3-7-11-9(5-1)10-6-2-4-8-12(10)13-11;;;/h4-17H,1-3H3;1-7H;2*1H;/q2*-1;;;+4/p-2. The first-order chi connectivity index (χ1) is 18.5. The minimum absolute atomic E-state index is 0. The molecule has 0 aliphatic carbocycles. The van der Waals surface area contributed by atoms with Crippen LogP contribution >= 0.6 is 0 Å². The third kappa shape index (κ3) is 6.90. The van der Waals surface area contributed by atoms with Crippen LogP contribution in [0.4, 0.5) is 0 Å². The van der Waals surface area contributed by atoms with Gasteiger partial charge in [0.2, 0.25) is 0 Å². The second-order valence-electron chi connectivity index (χ2n) is 10.8. The Balaban J connectivity index is 0.000000246. The van der Waals surface area contributed by atoms with Gasteiger partial charge in [0.15, 0.2) is 0 Å². The maximum atomic E-state index is 3.31. The van der Waals surface area contributed by atoms with Crippen LogP contribution in [0.15, 0.2) is 127 Å². The molecule has 0 saturated heterocycles. The van der Waals surface area contributed by atoms with Crippen LogP contribution in [0, 0.1) is 6.07 Å². The zero-order valence-corrected chi connectivity index (χ0v) is 28.4. The van der Waals surface area contributed by atoms with Crippen LogP contribution < -0.4 is 35.2 Å². The summed E-state index contributed by atoms with van der Waals surface area (Å²) in [4.78, 5) is 0. The van der Waals surface area contributed by atoms with Crippen molar-refractivity contribution in [3.05, 3.63) is 139 Å². The fourth-order valence-electron chi connectivity index (χ4n) is 5.22. The summed E-state index contributed by atoms with van der Waals surface area (Å²) >= 11 is 0. The Labute approximate surface area is 278 Å². The molecule has 0 amide bonds. The number of halogens is 2. The summed E-state index contributed by atoms with van der Waals surface area (Å²) in [5.74, 6) is 0. The molecule has 6 aromatic rings. The zero-order valence-electron chi connectivity index (χ0n) is 23.4. The molecular formula is C37H30Cl2SiZr. The Kier molecular flexibility index (Phi) is 11.3. The molecule has 0 unspecified atom stereocenters. The molecule has 0 bridgehead atoms. The number of benzene rings is 5. The maximum Gasteiger partial charge on any atom is 4.00 e. The van der Waals surface area contributed by atoms with Gasteiger partial charge in [-0.15, -0.1) is 34.0 Å². The third-order valence-corrected chi connectivity index (χ3v) is 8.61. The summed E-state index contributed by atoms with van der Waals surface area (Å²) in [5.41, 5.74) is 9.49. The van der Waals surface area contributed by atoms with Gasteiger partial charge in [0.05, 0.1) is 9.52 Å². The molecule has 7 rings (SSSR count). The predicted octanol–water partition coefficient (Wildman–Crippen LogP) is 2.32. The van der Waals surface area contributed by atoms with E-state index in [1.54, 1.807) is 0 Å². The van der Waals surface area contributed by atoms with Crippen molar-refractivity contribution in [3.8, 4) is 33.4 Å². The molecule has 1 aliphatic heterocycles. The number of rotatable bonds is 2. The molecule has 1 aliphatic rings. The van der Waals surface area contributed by atoms with E-state index in [0.29, 0.717) is 0 Å². The molecular weight excluding hydrogens is 635 g/mol. The second-order valence-corrected chi connectivity index (χ2v) is 12.1. The van der Waals surface area contributed by atoms with Gasteiger partial charge in [0, 0.05) is 0 Å². The van der Waals surface area contributed by atoms with Gasteiger partial charge in [-0.3, -0.25) is 0 Å². The summed E-state index contributed by atoms with van der Waals surface area (Å²) in [5, 5.41) is 5.49. The monoisotopic (exact) mass is 662 g/mol. The van der Waals surface area contributed by atoms with Crippen molar-refractivity contribution in [2.45, 2.75) is 26.2 Å². The molecule has 41 heavy (non-hydrogen) atoms. The van der Waals surface area contributed by atoms with Crippen LogP contribution in [-0.4, -0.2) is 9.52 Å². The molecule has 4 heteroatoms. The van der Waals surface area contributed by atoms with E-state index in [0.717, 1.165) is 9.52 Å². The summed E-state index contributed by atoms with van der Waals surface area (Å²) in [6.45, 7) is 6.84. The Morgan fingerprint density at radius 1 is 0.634 bits per heavy atom. The van der Waals surface area contributed by atoms with Crippen molar-refractivity contribution in [1.82, 2.24) is 0 Å². The van der Waals surface area contributed by atoms with E-state index in [9.17, 15) is 0 Å². The summed E-state index contributed by atoms with van der Waals surface area (Å²) in [7, 11) is 0.795.